The summed E-state index contributed by atoms with van der Waals surface area (Å²) in [6, 6.07) is 0. The molecule has 1 rings (SSSR count). The summed E-state index contributed by atoms with van der Waals surface area (Å²) in [5.41, 5.74) is 6.26. The van der Waals surface area contributed by atoms with Gasteiger partial charge in [-0.3, -0.25) is 4.90 Å². The molecule has 1 heterocycles. The molecule has 17 heavy (non-hydrogen) atoms. The first kappa shape index (κ1) is 14.9. The molecule has 0 aromatic heterocycles. The van der Waals surface area contributed by atoms with Crippen LogP contribution in [0.5, 0.6) is 0 Å². The fraction of sp³-hybridized carbons (Fsp3) is 1.00. The molecule has 0 radical (unpaired) electrons. The Kier molecular flexibility index (Phi) is 5.86. The fourth-order valence-corrected chi connectivity index (χ4v) is 2.83. The van der Waals surface area contributed by atoms with Crippen LogP contribution in [0.25, 0.3) is 0 Å². The summed E-state index contributed by atoms with van der Waals surface area (Å²) in [4.78, 5) is 7.15. The average molecular weight is 242 g/mol. The normalized spacial score (nSPS) is 27.0. The van der Waals surface area contributed by atoms with Gasteiger partial charge < -0.3 is 15.5 Å². The lowest BCUT2D eigenvalue weighted by Gasteiger charge is -2.47. The molecule has 2 N–H and O–H groups in total. The minimum Gasteiger partial charge on any atom is -0.329 e. The number of likely N-dealkylation sites (N-methyl/N-ethyl adjacent to an activating group) is 2. The van der Waals surface area contributed by atoms with Crippen molar-refractivity contribution in [2.45, 2.75) is 24.8 Å². The Bertz CT molecular complexity index is 219. The van der Waals surface area contributed by atoms with E-state index in [1.54, 1.807) is 0 Å². The molecule has 0 aromatic carbocycles. The van der Waals surface area contributed by atoms with Crippen LogP contribution in [0.15, 0.2) is 0 Å². The zero-order chi connectivity index (χ0) is 12.9. The number of hydrogen-bond donors (Lipinski definition) is 1. The average Bonchev–Trinajstić information content (AvgIpc) is 2.28. The zero-order valence-corrected chi connectivity index (χ0v) is 12.1. The van der Waals surface area contributed by atoms with E-state index in [2.05, 4.69) is 42.9 Å². The zero-order valence-electron chi connectivity index (χ0n) is 12.1. The van der Waals surface area contributed by atoms with Gasteiger partial charge >= 0.3 is 0 Å². The van der Waals surface area contributed by atoms with Gasteiger partial charge in [-0.2, -0.15) is 0 Å². The van der Waals surface area contributed by atoms with Crippen LogP contribution in [0.1, 0.15) is 19.3 Å². The minimum absolute atomic E-state index is 0.208. The molecule has 4 nitrogen and oxygen atoms in total. The van der Waals surface area contributed by atoms with Gasteiger partial charge in [0.15, 0.2) is 0 Å². The topological polar surface area (TPSA) is 35.7 Å². The SMILES string of the molecule is CN(C)CCCN(C)C1(CN)CCCN(C)C1. The molecule has 1 atom stereocenters. The maximum absolute atomic E-state index is 6.05. The molecule has 102 valence electrons. The van der Waals surface area contributed by atoms with Crippen LogP contribution in [0, 0.1) is 0 Å². The molecule has 0 bridgehead atoms. The molecule has 1 saturated heterocycles. The molecular formula is C13H30N4. The molecule has 0 aromatic rings. The first-order valence-corrected chi connectivity index (χ1v) is 6.75. The van der Waals surface area contributed by atoms with E-state index in [4.69, 9.17) is 5.73 Å². The molecule has 0 amide bonds. The van der Waals surface area contributed by atoms with E-state index in [0.29, 0.717) is 0 Å². The summed E-state index contributed by atoms with van der Waals surface area (Å²) < 4.78 is 0. The third-order valence-electron chi connectivity index (χ3n) is 4.03. The van der Waals surface area contributed by atoms with Crippen molar-refractivity contribution in [3.8, 4) is 0 Å². The highest BCUT2D eigenvalue weighted by Crippen LogP contribution is 2.25. The quantitative estimate of drug-likeness (QED) is 0.726. The van der Waals surface area contributed by atoms with E-state index in [0.717, 1.165) is 26.2 Å². The van der Waals surface area contributed by atoms with Gasteiger partial charge in [0.1, 0.15) is 0 Å². The van der Waals surface area contributed by atoms with Gasteiger partial charge in [0.25, 0.3) is 0 Å². The standard InChI is InChI=1S/C13H30N4/c1-15(2)8-6-10-17(4)13(11-14)7-5-9-16(3)12-13/h5-12,14H2,1-4H3. The molecular weight excluding hydrogens is 212 g/mol. The summed E-state index contributed by atoms with van der Waals surface area (Å²) in [6.07, 6.45) is 3.73. The minimum atomic E-state index is 0.208. The summed E-state index contributed by atoms with van der Waals surface area (Å²) in [5, 5.41) is 0. The van der Waals surface area contributed by atoms with Crippen molar-refractivity contribution in [1.29, 1.82) is 0 Å². The van der Waals surface area contributed by atoms with Gasteiger partial charge in [-0.25, -0.2) is 0 Å². The first-order chi connectivity index (χ1) is 8.00. The first-order valence-electron chi connectivity index (χ1n) is 6.75. The highest BCUT2D eigenvalue weighted by Gasteiger charge is 2.36. The van der Waals surface area contributed by atoms with E-state index in [9.17, 15) is 0 Å². The highest BCUT2D eigenvalue weighted by molar-refractivity contribution is 4.95. The maximum Gasteiger partial charge on any atom is 0.0455 e. The van der Waals surface area contributed by atoms with Crippen molar-refractivity contribution < 1.29 is 0 Å². The van der Waals surface area contributed by atoms with Crippen molar-refractivity contribution >= 4 is 0 Å². The predicted octanol–water partition coefficient (Wildman–Crippen LogP) is 0.293. The number of likely N-dealkylation sites (tertiary alicyclic amines) is 1. The summed E-state index contributed by atoms with van der Waals surface area (Å²) in [7, 11) is 8.71. The monoisotopic (exact) mass is 242 g/mol. The van der Waals surface area contributed by atoms with Crippen LogP contribution in [0.2, 0.25) is 0 Å². The van der Waals surface area contributed by atoms with Crippen LogP contribution in [-0.2, 0) is 0 Å². The van der Waals surface area contributed by atoms with Crippen molar-refractivity contribution in [2.75, 3.05) is 60.9 Å². The van der Waals surface area contributed by atoms with E-state index >= 15 is 0 Å². The Balaban J connectivity index is 2.47. The van der Waals surface area contributed by atoms with Crippen molar-refractivity contribution in [3.63, 3.8) is 0 Å². The number of hydrogen-bond acceptors (Lipinski definition) is 4. The second kappa shape index (κ2) is 6.69. The van der Waals surface area contributed by atoms with Crippen molar-refractivity contribution in [3.05, 3.63) is 0 Å². The second-order valence-electron chi connectivity index (χ2n) is 5.85. The van der Waals surface area contributed by atoms with Crippen molar-refractivity contribution in [1.82, 2.24) is 14.7 Å². The van der Waals surface area contributed by atoms with E-state index in [-0.39, 0.29) is 5.54 Å². The number of nitrogens with zero attached hydrogens (tertiary/aromatic N) is 3. The van der Waals surface area contributed by atoms with Gasteiger partial charge in [-0.1, -0.05) is 0 Å². The van der Waals surface area contributed by atoms with Crippen LogP contribution in [0.3, 0.4) is 0 Å². The largest absolute Gasteiger partial charge is 0.329 e. The molecule has 4 heteroatoms. The Hall–Kier alpha value is -0.160. The molecule has 1 aliphatic rings. The summed E-state index contributed by atoms with van der Waals surface area (Å²) in [6.45, 7) is 5.40. The molecule has 1 aliphatic heterocycles. The van der Waals surface area contributed by atoms with E-state index in [1.807, 2.05) is 0 Å². The highest BCUT2D eigenvalue weighted by atomic mass is 15.3. The van der Waals surface area contributed by atoms with Gasteiger partial charge in [0, 0.05) is 18.6 Å². The Morgan fingerprint density at radius 1 is 1.24 bits per heavy atom. The second-order valence-corrected chi connectivity index (χ2v) is 5.85. The predicted molar refractivity (Wildman–Crippen MR) is 74.3 cm³/mol. The lowest BCUT2D eigenvalue weighted by molar-refractivity contribution is 0.0431. The number of piperidine rings is 1. The third-order valence-corrected chi connectivity index (χ3v) is 4.03. The van der Waals surface area contributed by atoms with Gasteiger partial charge in [0.2, 0.25) is 0 Å². The Morgan fingerprint density at radius 2 is 1.94 bits per heavy atom. The number of rotatable bonds is 6. The maximum atomic E-state index is 6.05. The Labute approximate surface area is 107 Å². The molecule has 1 unspecified atom stereocenters. The van der Waals surface area contributed by atoms with E-state index in [1.165, 1.54) is 25.8 Å². The van der Waals surface area contributed by atoms with Crippen LogP contribution >= 0.6 is 0 Å². The fourth-order valence-electron chi connectivity index (χ4n) is 2.83. The van der Waals surface area contributed by atoms with Crippen LogP contribution in [-0.4, -0.2) is 81.2 Å². The third kappa shape index (κ3) is 4.21. The Morgan fingerprint density at radius 3 is 2.47 bits per heavy atom. The van der Waals surface area contributed by atoms with Gasteiger partial charge in [0.05, 0.1) is 0 Å². The smallest absolute Gasteiger partial charge is 0.0455 e. The van der Waals surface area contributed by atoms with Crippen LogP contribution in [0.4, 0.5) is 0 Å². The lowest BCUT2D eigenvalue weighted by Crippen LogP contribution is -2.61. The molecule has 1 fully saturated rings. The molecule has 0 saturated carbocycles. The summed E-state index contributed by atoms with van der Waals surface area (Å²) >= 11 is 0. The van der Waals surface area contributed by atoms with Gasteiger partial charge in [-0.05, 0) is 67.1 Å². The van der Waals surface area contributed by atoms with Crippen LogP contribution < -0.4 is 5.73 Å². The van der Waals surface area contributed by atoms with Crippen molar-refractivity contribution in [2.24, 2.45) is 5.73 Å². The molecule has 0 aliphatic carbocycles. The molecule has 0 spiro atoms. The summed E-state index contributed by atoms with van der Waals surface area (Å²) in [5.74, 6) is 0. The van der Waals surface area contributed by atoms with Gasteiger partial charge in [-0.15, -0.1) is 0 Å². The number of nitrogens with two attached hydrogens (primary N) is 1. The lowest BCUT2D eigenvalue weighted by atomic mass is 9.87. The van der Waals surface area contributed by atoms with E-state index < -0.39 is 0 Å².